The van der Waals surface area contributed by atoms with Gasteiger partial charge in [-0.2, -0.15) is 4.31 Å². The third-order valence-electron chi connectivity index (χ3n) is 3.98. The summed E-state index contributed by atoms with van der Waals surface area (Å²) >= 11 is 0. The van der Waals surface area contributed by atoms with Crippen LogP contribution < -0.4 is 5.32 Å². The predicted molar refractivity (Wildman–Crippen MR) is 90.6 cm³/mol. The monoisotopic (exact) mass is 350 g/mol. The van der Waals surface area contributed by atoms with Crippen LogP contribution in [0.1, 0.15) is 17.0 Å². The fourth-order valence-corrected chi connectivity index (χ4v) is 4.26. The van der Waals surface area contributed by atoms with Crippen molar-refractivity contribution in [3.05, 3.63) is 53.6 Å². The topological polar surface area (TPSA) is 87.3 Å². The molecular weight excluding hydrogens is 328 g/mol. The van der Waals surface area contributed by atoms with Gasteiger partial charge in [0.1, 0.15) is 5.82 Å². The quantitative estimate of drug-likeness (QED) is 0.773. The number of benzene rings is 1. The molecule has 1 fully saturated rings. The van der Waals surface area contributed by atoms with Crippen molar-refractivity contribution in [3.63, 3.8) is 0 Å². The largest absolute Gasteiger partial charge is 0.379 e. The van der Waals surface area contributed by atoms with E-state index in [-0.39, 0.29) is 5.75 Å². The van der Waals surface area contributed by atoms with E-state index in [9.17, 15) is 8.42 Å². The third kappa shape index (κ3) is 4.41. The second-order valence-corrected chi connectivity index (χ2v) is 7.64. The molecule has 2 N–H and O–H groups in total. The lowest BCUT2D eigenvalue weighted by molar-refractivity contribution is 0.0729. The second kappa shape index (κ2) is 7.89. The number of H-pyrrole nitrogens is 1. The Morgan fingerprint density at radius 1 is 1.17 bits per heavy atom. The molecule has 0 unspecified atom stereocenters. The van der Waals surface area contributed by atoms with Gasteiger partial charge in [-0.05, 0) is 11.1 Å². The summed E-state index contributed by atoms with van der Waals surface area (Å²) in [7, 11) is -3.32. The molecule has 0 radical (unpaired) electrons. The Morgan fingerprint density at radius 3 is 2.62 bits per heavy atom. The van der Waals surface area contributed by atoms with Gasteiger partial charge in [-0.15, -0.1) is 0 Å². The number of nitrogens with one attached hydrogen (secondary N) is 2. The van der Waals surface area contributed by atoms with Crippen LogP contribution in [0.15, 0.2) is 36.7 Å². The first-order chi connectivity index (χ1) is 11.6. The number of hydrogen-bond acceptors (Lipinski definition) is 5. The maximum absolute atomic E-state index is 12.6. The number of aromatic amines is 1. The van der Waals surface area contributed by atoms with Crippen LogP contribution in [0.5, 0.6) is 0 Å². The van der Waals surface area contributed by atoms with Crippen molar-refractivity contribution in [1.29, 1.82) is 0 Å². The Balaban J connectivity index is 1.64. The Morgan fingerprint density at radius 2 is 1.92 bits per heavy atom. The van der Waals surface area contributed by atoms with E-state index in [4.69, 9.17) is 4.74 Å². The second-order valence-electron chi connectivity index (χ2n) is 5.68. The van der Waals surface area contributed by atoms with E-state index in [0.29, 0.717) is 39.4 Å². The van der Waals surface area contributed by atoms with Gasteiger partial charge in [0.15, 0.2) is 0 Å². The van der Waals surface area contributed by atoms with Crippen LogP contribution in [0, 0.1) is 0 Å². The fourth-order valence-electron chi connectivity index (χ4n) is 2.69. The molecule has 1 aliphatic rings. The number of hydrogen-bond donors (Lipinski definition) is 2. The van der Waals surface area contributed by atoms with Gasteiger partial charge in [0.2, 0.25) is 10.0 Å². The SMILES string of the molecule is O=S(=O)(Cc1ccccc1CNCc1ncc[nH]1)N1CCOCC1. The van der Waals surface area contributed by atoms with Gasteiger partial charge in [0.25, 0.3) is 0 Å². The molecule has 1 saturated heterocycles. The fraction of sp³-hybridized carbons (Fsp3) is 0.438. The highest BCUT2D eigenvalue weighted by molar-refractivity contribution is 7.88. The average molecular weight is 350 g/mol. The first kappa shape index (κ1) is 17.1. The van der Waals surface area contributed by atoms with E-state index in [1.54, 1.807) is 12.4 Å². The van der Waals surface area contributed by atoms with Crippen molar-refractivity contribution in [2.45, 2.75) is 18.8 Å². The molecule has 130 valence electrons. The number of morpholine rings is 1. The maximum Gasteiger partial charge on any atom is 0.218 e. The predicted octanol–water partition coefficient (Wildman–Crippen LogP) is 0.861. The van der Waals surface area contributed by atoms with Crippen LogP contribution in [0.2, 0.25) is 0 Å². The number of sulfonamides is 1. The molecule has 0 saturated carbocycles. The zero-order valence-electron chi connectivity index (χ0n) is 13.4. The van der Waals surface area contributed by atoms with Crippen molar-refractivity contribution in [3.8, 4) is 0 Å². The summed E-state index contributed by atoms with van der Waals surface area (Å²) in [6.45, 7) is 2.99. The summed E-state index contributed by atoms with van der Waals surface area (Å²) < 4.78 is 32.0. The van der Waals surface area contributed by atoms with Gasteiger partial charge >= 0.3 is 0 Å². The van der Waals surface area contributed by atoms with Gasteiger partial charge in [-0.3, -0.25) is 0 Å². The number of ether oxygens (including phenoxy) is 1. The molecule has 24 heavy (non-hydrogen) atoms. The Labute approximate surface area is 142 Å². The summed E-state index contributed by atoms with van der Waals surface area (Å²) in [5.41, 5.74) is 1.82. The highest BCUT2D eigenvalue weighted by Gasteiger charge is 2.25. The summed E-state index contributed by atoms with van der Waals surface area (Å²) in [6.07, 6.45) is 3.49. The summed E-state index contributed by atoms with van der Waals surface area (Å²) in [4.78, 5) is 7.19. The van der Waals surface area contributed by atoms with Crippen molar-refractivity contribution in [1.82, 2.24) is 19.6 Å². The zero-order valence-corrected chi connectivity index (χ0v) is 14.3. The average Bonchev–Trinajstić information content (AvgIpc) is 3.10. The molecule has 0 atom stereocenters. The molecule has 0 aliphatic carbocycles. The summed E-state index contributed by atoms with van der Waals surface area (Å²) in [5, 5.41) is 3.29. The lowest BCUT2D eigenvalue weighted by Gasteiger charge is -2.26. The third-order valence-corrected chi connectivity index (χ3v) is 5.81. The molecule has 7 nitrogen and oxygen atoms in total. The molecule has 8 heteroatoms. The van der Waals surface area contributed by atoms with E-state index in [2.05, 4.69) is 15.3 Å². The molecule has 1 aromatic carbocycles. The minimum atomic E-state index is -3.32. The number of nitrogens with zero attached hydrogens (tertiary/aromatic N) is 2. The Bertz CT molecular complexity index is 740. The van der Waals surface area contributed by atoms with E-state index < -0.39 is 10.0 Å². The van der Waals surface area contributed by atoms with E-state index >= 15 is 0 Å². The summed E-state index contributed by atoms with van der Waals surface area (Å²) in [6, 6.07) is 7.64. The molecule has 3 rings (SSSR count). The Hall–Kier alpha value is -1.74. The van der Waals surface area contributed by atoms with Crippen molar-refractivity contribution >= 4 is 10.0 Å². The van der Waals surface area contributed by atoms with Crippen molar-refractivity contribution in [2.75, 3.05) is 26.3 Å². The minimum absolute atomic E-state index is 0.0194. The molecule has 0 spiro atoms. The highest BCUT2D eigenvalue weighted by Crippen LogP contribution is 2.16. The van der Waals surface area contributed by atoms with Crippen molar-refractivity contribution < 1.29 is 13.2 Å². The van der Waals surface area contributed by atoms with Crippen LogP contribution in [0.3, 0.4) is 0 Å². The first-order valence-corrected chi connectivity index (χ1v) is 9.57. The lowest BCUT2D eigenvalue weighted by Crippen LogP contribution is -2.41. The number of rotatable bonds is 7. The van der Waals surface area contributed by atoms with E-state index in [1.807, 2.05) is 24.3 Å². The molecule has 2 aromatic rings. The van der Waals surface area contributed by atoms with E-state index in [1.165, 1.54) is 4.31 Å². The minimum Gasteiger partial charge on any atom is -0.379 e. The first-order valence-electron chi connectivity index (χ1n) is 7.96. The molecular formula is C16H22N4O3S. The maximum atomic E-state index is 12.6. The highest BCUT2D eigenvalue weighted by atomic mass is 32.2. The van der Waals surface area contributed by atoms with Crippen LogP contribution in [0.4, 0.5) is 0 Å². The molecule has 1 aromatic heterocycles. The Kier molecular flexibility index (Phi) is 5.62. The van der Waals surface area contributed by atoms with Gasteiger partial charge in [0.05, 0.1) is 25.5 Å². The number of aromatic nitrogens is 2. The van der Waals surface area contributed by atoms with E-state index in [0.717, 1.165) is 17.0 Å². The van der Waals surface area contributed by atoms with Gasteiger partial charge < -0.3 is 15.0 Å². The smallest absolute Gasteiger partial charge is 0.218 e. The van der Waals surface area contributed by atoms with Gasteiger partial charge in [0, 0.05) is 32.0 Å². The normalized spacial score (nSPS) is 16.3. The number of imidazole rings is 1. The standard InChI is InChI=1S/C16H22N4O3S/c21-24(22,20-7-9-23-10-8-20)13-15-4-2-1-3-14(15)11-17-12-16-18-5-6-19-16/h1-6,17H,7-13H2,(H,18,19). The summed E-state index contributed by atoms with van der Waals surface area (Å²) in [5.74, 6) is 0.874. The molecule has 2 heterocycles. The molecule has 0 amide bonds. The molecule has 1 aliphatic heterocycles. The van der Waals surface area contributed by atoms with Crippen LogP contribution in [-0.2, 0) is 33.6 Å². The van der Waals surface area contributed by atoms with Crippen LogP contribution >= 0.6 is 0 Å². The van der Waals surface area contributed by atoms with Crippen molar-refractivity contribution in [2.24, 2.45) is 0 Å². The zero-order chi connectivity index (χ0) is 16.8. The van der Waals surface area contributed by atoms with Gasteiger partial charge in [-0.1, -0.05) is 24.3 Å². The molecule has 0 bridgehead atoms. The van der Waals surface area contributed by atoms with Crippen LogP contribution in [0.25, 0.3) is 0 Å². The lowest BCUT2D eigenvalue weighted by atomic mass is 10.1. The van der Waals surface area contributed by atoms with Crippen LogP contribution in [-0.4, -0.2) is 49.0 Å². The van der Waals surface area contributed by atoms with Gasteiger partial charge in [-0.25, -0.2) is 13.4 Å².